The molecule has 4 nitrogen and oxygen atoms in total. The van der Waals surface area contributed by atoms with Crippen molar-refractivity contribution in [2.45, 2.75) is 37.2 Å². The summed E-state index contributed by atoms with van der Waals surface area (Å²) in [6, 6.07) is 14.0. The molecule has 4 rings (SSSR count). The van der Waals surface area contributed by atoms with E-state index in [1.54, 1.807) is 17.8 Å². The summed E-state index contributed by atoms with van der Waals surface area (Å²) in [5.74, 6) is 1.67. The summed E-state index contributed by atoms with van der Waals surface area (Å²) in [5.41, 5.74) is 3.37. The standard InChI is InChI=1S/C24H26F3N3OS/c1-17-22(18(2)31-28-17)16-32-23-9-4-3-6-19(23)15-29-10-12-30(13-11-29)21-8-5-7-20(14-21)24(25,26)27/h3-9,14H,10-13,15-16H2,1-2H3. The Hall–Kier alpha value is -2.45. The Balaban J connectivity index is 1.37. The smallest absolute Gasteiger partial charge is 0.369 e. The molecule has 8 heteroatoms. The molecule has 0 N–H and O–H groups in total. The number of anilines is 1. The van der Waals surface area contributed by atoms with E-state index in [4.69, 9.17) is 4.52 Å². The van der Waals surface area contributed by atoms with Gasteiger partial charge in [0.15, 0.2) is 0 Å². The molecule has 1 aromatic heterocycles. The van der Waals surface area contributed by atoms with Gasteiger partial charge in [-0.1, -0.05) is 29.4 Å². The third kappa shape index (κ3) is 5.30. The van der Waals surface area contributed by atoms with Gasteiger partial charge in [-0.05, 0) is 43.7 Å². The summed E-state index contributed by atoms with van der Waals surface area (Å²) in [6.45, 7) is 7.73. The zero-order valence-corrected chi connectivity index (χ0v) is 19.0. The quantitative estimate of drug-likeness (QED) is 0.425. The van der Waals surface area contributed by atoms with Crippen LogP contribution >= 0.6 is 11.8 Å². The predicted octanol–water partition coefficient (Wildman–Crippen LogP) is 5.92. The van der Waals surface area contributed by atoms with Crippen LogP contribution in [0.1, 0.15) is 28.1 Å². The van der Waals surface area contributed by atoms with E-state index in [1.165, 1.54) is 22.6 Å². The molecule has 0 radical (unpaired) electrons. The van der Waals surface area contributed by atoms with Gasteiger partial charge in [0, 0.05) is 54.6 Å². The zero-order chi connectivity index (χ0) is 22.7. The number of aryl methyl sites for hydroxylation is 2. The highest BCUT2D eigenvalue weighted by Crippen LogP contribution is 2.32. The molecule has 2 heterocycles. The maximum atomic E-state index is 13.0. The van der Waals surface area contributed by atoms with Gasteiger partial charge < -0.3 is 9.42 Å². The molecular formula is C24H26F3N3OS. The SMILES string of the molecule is Cc1noc(C)c1CSc1ccccc1CN1CCN(c2cccc(C(F)(F)F)c2)CC1. The van der Waals surface area contributed by atoms with Crippen LogP contribution < -0.4 is 4.90 Å². The molecule has 0 bridgehead atoms. The number of halogens is 3. The number of thioether (sulfide) groups is 1. The van der Waals surface area contributed by atoms with Crippen molar-refractivity contribution in [1.82, 2.24) is 10.1 Å². The maximum Gasteiger partial charge on any atom is 0.416 e. The summed E-state index contributed by atoms with van der Waals surface area (Å²) in [5, 5.41) is 4.03. The topological polar surface area (TPSA) is 32.5 Å². The van der Waals surface area contributed by atoms with E-state index >= 15 is 0 Å². The van der Waals surface area contributed by atoms with Crippen LogP contribution in [0.2, 0.25) is 0 Å². The van der Waals surface area contributed by atoms with Crippen LogP contribution in [0, 0.1) is 13.8 Å². The highest BCUT2D eigenvalue weighted by Gasteiger charge is 2.31. The molecular weight excluding hydrogens is 435 g/mol. The number of alkyl halides is 3. The normalized spacial score (nSPS) is 15.3. The van der Waals surface area contributed by atoms with Crippen LogP contribution in [0.5, 0.6) is 0 Å². The number of piperazine rings is 1. The molecule has 3 aromatic rings. The minimum Gasteiger partial charge on any atom is -0.369 e. The van der Waals surface area contributed by atoms with Gasteiger partial charge in [0.05, 0.1) is 11.3 Å². The van der Waals surface area contributed by atoms with Gasteiger partial charge in [-0.15, -0.1) is 11.8 Å². The fraction of sp³-hybridized carbons (Fsp3) is 0.375. The molecule has 0 unspecified atom stereocenters. The van der Waals surface area contributed by atoms with Gasteiger partial charge >= 0.3 is 6.18 Å². The molecule has 1 aliphatic rings. The van der Waals surface area contributed by atoms with Crippen molar-refractivity contribution < 1.29 is 17.7 Å². The van der Waals surface area contributed by atoms with Crippen molar-refractivity contribution in [1.29, 1.82) is 0 Å². The molecule has 0 spiro atoms. The Morgan fingerprint density at radius 2 is 1.75 bits per heavy atom. The lowest BCUT2D eigenvalue weighted by Crippen LogP contribution is -2.46. The van der Waals surface area contributed by atoms with Crippen molar-refractivity contribution in [2.24, 2.45) is 0 Å². The van der Waals surface area contributed by atoms with Crippen molar-refractivity contribution in [3.05, 3.63) is 76.7 Å². The number of aromatic nitrogens is 1. The zero-order valence-electron chi connectivity index (χ0n) is 18.2. The molecule has 170 valence electrons. The van der Waals surface area contributed by atoms with Gasteiger partial charge in [-0.2, -0.15) is 13.2 Å². The van der Waals surface area contributed by atoms with Crippen LogP contribution in [0.4, 0.5) is 18.9 Å². The van der Waals surface area contributed by atoms with E-state index in [0.717, 1.165) is 48.5 Å². The van der Waals surface area contributed by atoms with E-state index in [-0.39, 0.29) is 0 Å². The van der Waals surface area contributed by atoms with E-state index in [2.05, 4.69) is 22.2 Å². The second-order valence-electron chi connectivity index (χ2n) is 8.01. The van der Waals surface area contributed by atoms with Crippen molar-refractivity contribution in [3.8, 4) is 0 Å². The highest BCUT2D eigenvalue weighted by atomic mass is 32.2. The van der Waals surface area contributed by atoms with Crippen molar-refractivity contribution in [2.75, 3.05) is 31.1 Å². The van der Waals surface area contributed by atoms with Gasteiger partial charge in [-0.25, -0.2) is 0 Å². The highest BCUT2D eigenvalue weighted by molar-refractivity contribution is 7.98. The first-order chi connectivity index (χ1) is 15.3. The monoisotopic (exact) mass is 461 g/mol. The molecule has 0 saturated carbocycles. The second kappa shape index (κ2) is 9.58. The van der Waals surface area contributed by atoms with Crippen molar-refractivity contribution >= 4 is 17.4 Å². The molecule has 0 atom stereocenters. The number of hydrogen-bond donors (Lipinski definition) is 0. The van der Waals surface area contributed by atoms with Crippen molar-refractivity contribution in [3.63, 3.8) is 0 Å². The summed E-state index contributed by atoms with van der Waals surface area (Å²) < 4.78 is 44.4. The number of nitrogens with zero attached hydrogens (tertiary/aromatic N) is 3. The Kier molecular flexibility index (Phi) is 6.81. The van der Waals surface area contributed by atoms with Gasteiger partial charge in [0.2, 0.25) is 0 Å². The van der Waals surface area contributed by atoms with Gasteiger partial charge in [0.25, 0.3) is 0 Å². The van der Waals surface area contributed by atoms with Crippen LogP contribution in [-0.4, -0.2) is 36.2 Å². The number of benzene rings is 2. The van der Waals surface area contributed by atoms with Gasteiger partial charge in [0.1, 0.15) is 5.76 Å². The number of hydrogen-bond acceptors (Lipinski definition) is 5. The number of rotatable bonds is 6. The van der Waals surface area contributed by atoms with E-state index in [1.807, 2.05) is 30.9 Å². The first-order valence-electron chi connectivity index (χ1n) is 10.6. The third-order valence-corrected chi connectivity index (χ3v) is 6.97. The Labute approximate surface area is 190 Å². The minimum atomic E-state index is -4.32. The summed E-state index contributed by atoms with van der Waals surface area (Å²) in [7, 11) is 0. The average Bonchev–Trinajstić information content (AvgIpc) is 3.10. The van der Waals surface area contributed by atoms with Crippen LogP contribution in [0.25, 0.3) is 0 Å². The Bertz CT molecular complexity index is 1040. The molecule has 1 aliphatic heterocycles. The molecule has 0 amide bonds. The maximum absolute atomic E-state index is 13.0. The third-order valence-electron chi connectivity index (χ3n) is 5.83. The molecule has 1 saturated heterocycles. The predicted molar refractivity (Wildman–Crippen MR) is 121 cm³/mol. The lowest BCUT2D eigenvalue weighted by molar-refractivity contribution is -0.137. The Morgan fingerprint density at radius 3 is 2.44 bits per heavy atom. The lowest BCUT2D eigenvalue weighted by atomic mass is 10.1. The fourth-order valence-electron chi connectivity index (χ4n) is 3.92. The summed E-state index contributed by atoms with van der Waals surface area (Å²) in [4.78, 5) is 5.62. The first-order valence-corrected chi connectivity index (χ1v) is 11.6. The van der Waals surface area contributed by atoms with E-state index in [9.17, 15) is 13.2 Å². The molecule has 0 aliphatic carbocycles. The van der Waals surface area contributed by atoms with E-state index < -0.39 is 11.7 Å². The van der Waals surface area contributed by atoms with Gasteiger partial charge in [-0.3, -0.25) is 4.90 Å². The molecule has 1 fully saturated rings. The Morgan fingerprint density at radius 1 is 1.00 bits per heavy atom. The minimum absolute atomic E-state index is 0.596. The molecule has 2 aromatic carbocycles. The van der Waals surface area contributed by atoms with Crippen LogP contribution in [-0.2, 0) is 18.5 Å². The van der Waals surface area contributed by atoms with E-state index in [0.29, 0.717) is 18.8 Å². The molecule has 32 heavy (non-hydrogen) atoms. The van der Waals surface area contributed by atoms with Crippen LogP contribution in [0.3, 0.4) is 0 Å². The first kappa shape index (κ1) is 22.7. The lowest BCUT2D eigenvalue weighted by Gasteiger charge is -2.36. The second-order valence-corrected chi connectivity index (χ2v) is 9.03. The summed E-state index contributed by atoms with van der Waals surface area (Å²) >= 11 is 1.78. The largest absolute Gasteiger partial charge is 0.416 e. The van der Waals surface area contributed by atoms with Crippen LogP contribution in [0.15, 0.2) is 57.9 Å². The average molecular weight is 462 g/mol. The fourth-order valence-corrected chi connectivity index (χ4v) is 5.12. The summed E-state index contributed by atoms with van der Waals surface area (Å²) in [6.07, 6.45) is -4.32.